The van der Waals surface area contributed by atoms with Gasteiger partial charge >= 0.3 is 0 Å². The van der Waals surface area contributed by atoms with Gasteiger partial charge in [0.2, 0.25) is 0 Å². The van der Waals surface area contributed by atoms with Crippen LogP contribution in [0.5, 0.6) is 5.75 Å². The van der Waals surface area contributed by atoms with Crippen molar-refractivity contribution in [3.63, 3.8) is 0 Å². The first-order valence-electron chi connectivity index (χ1n) is 10.3. The van der Waals surface area contributed by atoms with E-state index in [-0.39, 0.29) is 18.0 Å². The maximum Gasteiger partial charge on any atom is 0.191 e. The normalized spacial score (nSPS) is 20.3. The van der Waals surface area contributed by atoms with Crippen molar-refractivity contribution in [3.05, 3.63) is 66.0 Å². The van der Waals surface area contributed by atoms with Gasteiger partial charge in [-0.25, -0.2) is 9.38 Å². The number of nitrogens with zero attached hydrogens (tertiary/aromatic N) is 1. The Morgan fingerprint density at radius 3 is 2.66 bits per heavy atom. The van der Waals surface area contributed by atoms with Gasteiger partial charge in [-0.05, 0) is 50.1 Å². The van der Waals surface area contributed by atoms with Crippen LogP contribution in [-0.2, 0) is 4.74 Å². The van der Waals surface area contributed by atoms with Crippen molar-refractivity contribution in [2.24, 2.45) is 10.9 Å². The molecule has 1 aliphatic rings. The molecule has 2 aromatic rings. The van der Waals surface area contributed by atoms with Gasteiger partial charge in [0, 0.05) is 25.6 Å². The monoisotopic (exact) mass is 399 g/mol. The molecule has 0 aromatic heterocycles. The summed E-state index contributed by atoms with van der Waals surface area (Å²) >= 11 is 0. The lowest BCUT2D eigenvalue weighted by Crippen LogP contribution is -2.40. The molecule has 2 aromatic carbocycles. The van der Waals surface area contributed by atoms with E-state index in [0.717, 1.165) is 32.1 Å². The van der Waals surface area contributed by atoms with Crippen LogP contribution < -0.4 is 15.4 Å². The Morgan fingerprint density at radius 2 is 1.93 bits per heavy atom. The molecule has 156 valence electrons. The largest absolute Gasteiger partial charge is 0.489 e. The molecule has 3 unspecified atom stereocenters. The van der Waals surface area contributed by atoms with Gasteiger partial charge in [0.1, 0.15) is 17.7 Å². The fourth-order valence-corrected chi connectivity index (χ4v) is 3.43. The Hall–Kier alpha value is -2.60. The van der Waals surface area contributed by atoms with E-state index < -0.39 is 0 Å². The van der Waals surface area contributed by atoms with Crippen LogP contribution in [0.3, 0.4) is 0 Å². The average molecular weight is 400 g/mol. The van der Waals surface area contributed by atoms with Crippen molar-refractivity contribution in [2.75, 3.05) is 26.2 Å². The van der Waals surface area contributed by atoms with E-state index in [2.05, 4.69) is 39.9 Å². The molecule has 0 amide bonds. The van der Waals surface area contributed by atoms with Crippen molar-refractivity contribution in [3.8, 4) is 5.75 Å². The highest BCUT2D eigenvalue weighted by Crippen LogP contribution is 2.33. The standard InChI is InChI=1S/C23H30FN3O2/c1-3-25-23(26-15-17(2)29-21-11-9-20(24)10-12-21)27-16-19-13-14-28-22(19)18-7-5-4-6-8-18/h4-12,17,19,22H,3,13-16H2,1-2H3,(H2,25,26,27). The van der Waals surface area contributed by atoms with Crippen molar-refractivity contribution in [2.45, 2.75) is 32.5 Å². The van der Waals surface area contributed by atoms with Crippen molar-refractivity contribution >= 4 is 5.96 Å². The van der Waals surface area contributed by atoms with E-state index in [1.54, 1.807) is 12.1 Å². The van der Waals surface area contributed by atoms with E-state index in [4.69, 9.17) is 9.47 Å². The van der Waals surface area contributed by atoms with Crippen LogP contribution in [0.4, 0.5) is 4.39 Å². The summed E-state index contributed by atoms with van der Waals surface area (Å²) in [7, 11) is 0. The SMILES string of the molecule is CCNC(=NCC(C)Oc1ccc(F)cc1)NCC1CCOC1c1ccccc1. The molecule has 0 saturated carbocycles. The second-order valence-electron chi connectivity index (χ2n) is 7.23. The maximum absolute atomic E-state index is 13.0. The highest BCUT2D eigenvalue weighted by molar-refractivity contribution is 5.79. The number of benzene rings is 2. The lowest BCUT2D eigenvalue weighted by atomic mass is 9.95. The van der Waals surface area contributed by atoms with Crippen LogP contribution in [0.25, 0.3) is 0 Å². The number of hydrogen-bond acceptors (Lipinski definition) is 3. The maximum atomic E-state index is 13.0. The quantitative estimate of drug-likeness (QED) is 0.522. The van der Waals surface area contributed by atoms with Gasteiger partial charge in [0.25, 0.3) is 0 Å². The minimum absolute atomic E-state index is 0.118. The minimum Gasteiger partial charge on any atom is -0.489 e. The van der Waals surface area contributed by atoms with Gasteiger partial charge in [-0.1, -0.05) is 30.3 Å². The average Bonchev–Trinajstić information content (AvgIpc) is 3.21. The molecule has 0 spiro atoms. The number of hydrogen-bond donors (Lipinski definition) is 2. The third kappa shape index (κ3) is 6.46. The summed E-state index contributed by atoms with van der Waals surface area (Å²) in [6.45, 7) is 6.84. The Kier molecular flexibility index (Phi) is 7.87. The van der Waals surface area contributed by atoms with E-state index in [1.165, 1.54) is 17.7 Å². The second-order valence-corrected chi connectivity index (χ2v) is 7.23. The molecule has 3 atom stereocenters. The van der Waals surface area contributed by atoms with Crippen molar-refractivity contribution in [1.82, 2.24) is 10.6 Å². The number of halogens is 1. The van der Waals surface area contributed by atoms with Crippen LogP contribution in [0.1, 0.15) is 31.9 Å². The van der Waals surface area contributed by atoms with Crippen LogP contribution >= 0.6 is 0 Å². The van der Waals surface area contributed by atoms with Crippen LogP contribution in [-0.4, -0.2) is 38.3 Å². The molecule has 6 heteroatoms. The van der Waals surface area contributed by atoms with Gasteiger partial charge in [-0.15, -0.1) is 0 Å². The molecule has 1 heterocycles. The third-order valence-corrected chi connectivity index (χ3v) is 4.88. The Balaban J connectivity index is 1.52. The second kappa shape index (κ2) is 10.8. The molecule has 2 N–H and O–H groups in total. The van der Waals surface area contributed by atoms with Gasteiger partial charge < -0.3 is 20.1 Å². The summed E-state index contributed by atoms with van der Waals surface area (Å²) in [5.41, 5.74) is 1.22. The number of guanidine groups is 1. The number of nitrogens with one attached hydrogen (secondary N) is 2. The first-order valence-corrected chi connectivity index (χ1v) is 10.3. The van der Waals surface area contributed by atoms with Gasteiger partial charge in [-0.3, -0.25) is 0 Å². The Bertz CT molecular complexity index is 767. The van der Waals surface area contributed by atoms with Crippen molar-refractivity contribution < 1.29 is 13.9 Å². The van der Waals surface area contributed by atoms with Crippen LogP contribution in [0, 0.1) is 11.7 Å². The van der Waals surface area contributed by atoms with Crippen molar-refractivity contribution in [1.29, 1.82) is 0 Å². The first kappa shape index (κ1) is 21.1. The van der Waals surface area contributed by atoms with Crippen LogP contribution in [0.2, 0.25) is 0 Å². The fraction of sp³-hybridized carbons (Fsp3) is 0.435. The molecule has 0 radical (unpaired) electrons. The predicted molar refractivity (Wildman–Crippen MR) is 114 cm³/mol. The lowest BCUT2D eigenvalue weighted by Gasteiger charge is -2.21. The predicted octanol–water partition coefficient (Wildman–Crippen LogP) is 3.93. The molecular weight excluding hydrogens is 369 g/mol. The summed E-state index contributed by atoms with van der Waals surface area (Å²) < 4.78 is 24.8. The number of ether oxygens (including phenoxy) is 2. The molecule has 1 aliphatic heterocycles. The molecule has 0 aliphatic carbocycles. The highest BCUT2D eigenvalue weighted by Gasteiger charge is 2.29. The third-order valence-electron chi connectivity index (χ3n) is 4.88. The summed E-state index contributed by atoms with van der Waals surface area (Å²) in [4.78, 5) is 4.64. The molecular formula is C23H30FN3O2. The number of rotatable bonds is 8. The first-order chi connectivity index (χ1) is 14.2. The fourth-order valence-electron chi connectivity index (χ4n) is 3.43. The van der Waals surface area contributed by atoms with Gasteiger partial charge in [-0.2, -0.15) is 0 Å². The van der Waals surface area contributed by atoms with E-state index in [1.807, 2.05) is 19.9 Å². The highest BCUT2D eigenvalue weighted by atomic mass is 19.1. The zero-order valence-corrected chi connectivity index (χ0v) is 17.1. The molecule has 5 nitrogen and oxygen atoms in total. The van der Waals surface area contributed by atoms with Gasteiger partial charge in [0.05, 0.1) is 12.6 Å². The molecule has 3 rings (SSSR count). The van der Waals surface area contributed by atoms with E-state index >= 15 is 0 Å². The molecule has 1 fully saturated rings. The zero-order valence-electron chi connectivity index (χ0n) is 17.1. The summed E-state index contributed by atoms with van der Waals surface area (Å²) in [5, 5.41) is 6.72. The zero-order chi connectivity index (χ0) is 20.5. The lowest BCUT2D eigenvalue weighted by molar-refractivity contribution is 0.0915. The summed E-state index contributed by atoms with van der Waals surface area (Å²) in [6, 6.07) is 16.4. The smallest absolute Gasteiger partial charge is 0.191 e. The summed E-state index contributed by atoms with van der Waals surface area (Å²) in [6.07, 6.45) is 1.02. The summed E-state index contributed by atoms with van der Waals surface area (Å²) in [5.74, 6) is 1.53. The topological polar surface area (TPSA) is 54.9 Å². The molecule has 0 bridgehead atoms. The number of aliphatic imine (C=N–C) groups is 1. The Morgan fingerprint density at radius 1 is 1.17 bits per heavy atom. The molecule has 1 saturated heterocycles. The van der Waals surface area contributed by atoms with Crippen LogP contribution in [0.15, 0.2) is 59.6 Å². The Labute approximate surface area is 172 Å². The van der Waals surface area contributed by atoms with Gasteiger partial charge in [0.15, 0.2) is 5.96 Å². The molecule has 29 heavy (non-hydrogen) atoms. The van der Waals surface area contributed by atoms with E-state index in [0.29, 0.717) is 18.2 Å². The van der Waals surface area contributed by atoms with E-state index in [9.17, 15) is 4.39 Å². The minimum atomic E-state index is -0.272.